The van der Waals surface area contributed by atoms with Crippen molar-refractivity contribution in [2.24, 2.45) is 0 Å². The second-order valence-corrected chi connectivity index (χ2v) is 5.91. The van der Waals surface area contributed by atoms with Gasteiger partial charge in [-0.2, -0.15) is 0 Å². The van der Waals surface area contributed by atoms with Gasteiger partial charge in [-0.25, -0.2) is 15.0 Å². The Hall–Kier alpha value is -2.44. The second kappa shape index (κ2) is 7.90. The molecule has 0 spiro atoms. The molecule has 2 aromatic heterocycles. The first kappa shape index (κ1) is 16.4. The highest BCUT2D eigenvalue weighted by Crippen LogP contribution is 2.11. The average Bonchev–Trinajstić information content (AvgIpc) is 2.94. The number of aromatic nitrogens is 4. The zero-order valence-corrected chi connectivity index (χ0v) is 14.1. The highest BCUT2D eigenvalue weighted by molar-refractivity contribution is 5.76. The number of imidazole rings is 1. The van der Waals surface area contributed by atoms with Gasteiger partial charge >= 0.3 is 0 Å². The maximum atomic E-state index is 12.5. The largest absolute Gasteiger partial charge is 0.341 e. The summed E-state index contributed by atoms with van der Waals surface area (Å²) in [6.07, 6.45) is 9.60. The average molecular weight is 328 g/mol. The van der Waals surface area contributed by atoms with Crippen LogP contribution in [0.1, 0.15) is 25.6 Å². The molecule has 0 N–H and O–H groups in total. The van der Waals surface area contributed by atoms with Gasteiger partial charge in [0.25, 0.3) is 0 Å². The minimum atomic E-state index is 0.210. The van der Waals surface area contributed by atoms with Crippen LogP contribution in [0.3, 0.4) is 0 Å². The molecule has 0 aromatic carbocycles. The van der Waals surface area contributed by atoms with Crippen molar-refractivity contribution in [3.63, 3.8) is 0 Å². The van der Waals surface area contributed by atoms with Crippen LogP contribution in [0.5, 0.6) is 0 Å². The second-order valence-electron chi connectivity index (χ2n) is 5.91. The molecule has 3 heterocycles. The van der Waals surface area contributed by atoms with E-state index in [9.17, 15) is 4.79 Å². The Bertz CT molecular complexity index is 656. The molecule has 1 saturated heterocycles. The van der Waals surface area contributed by atoms with Crippen molar-refractivity contribution in [3.05, 3.63) is 36.7 Å². The van der Waals surface area contributed by atoms with Gasteiger partial charge in [0.1, 0.15) is 5.82 Å². The molecule has 0 aliphatic carbocycles. The normalized spacial score (nSPS) is 15.4. The molecule has 1 amide bonds. The first-order chi connectivity index (χ1) is 11.8. The van der Waals surface area contributed by atoms with E-state index in [2.05, 4.69) is 31.3 Å². The van der Waals surface area contributed by atoms with Gasteiger partial charge in [0.05, 0.1) is 0 Å². The van der Waals surface area contributed by atoms with E-state index in [1.165, 1.54) is 0 Å². The Balaban J connectivity index is 1.53. The van der Waals surface area contributed by atoms with Crippen LogP contribution >= 0.6 is 0 Å². The smallest absolute Gasteiger partial charge is 0.225 e. The van der Waals surface area contributed by atoms with E-state index in [-0.39, 0.29) is 5.91 Å². The van der Waals surface area contributed by atoms with Gasteiger partial charge in [-0.1, -0.05) is 6.92 Å². The van der Waals surface area contributed by atoms with Crippen LogP contribution in [0.15, 0.2) is 30.9 Å². The Morgan fingerprint density at radius 3 is 2.71 bits per heavy atom. The number of hydrogen-bond acceptors (Lipinski definition) is 5. The topological polar surface area (TPSA) is 67.2 Å². The third kappa shape index (κ3) is 3.90. The molecule has 0 saturated carbocycles. The van der Waals surface area contributed by atoms with Crippen LogP contribution in [0, 0.1) is 0 Å². The molecule has 0 atom stereocenters. The van der Waals surface area contributed by atoms with Crippen LogP contribution in [0.4, 0.5) is 5.95 Å². The Kier molecular flexibility index (Phi) is 5.40. The zero-order valence-electron chi connectivity index (χ0n) is 14.1. The number of aryl methyl sites for hydroxylation is 2. The lowest BCUT2D eigenvalue weighted by atomic mass is 10.3. The van der Waals surface area contributed by atoms with Crippen LogP contribution < -0.4 is 4.90 Å². The molecule has 3 rings (SSSR count). The first-order valence-electron chi connectivity index (χ1n) is 8.57. The quantitative estimate of drug-likeness (QED) is 0.829. The number of anilines is 1. The van der Waals surface area contributed by atoms with E-state index in [0.29, 0.717) is 13.0 Å². The summed E-state index contributed by atoms with van der Waals surface area (Å²) < 4.78 is 2.07. The Morgan fingerprint density at radius 2 is 1.92 bits per heavy atom. The predicted molar refractivity (Wildman–Crippen MR) is 91.7 cm³/mol. The third-order valence-corrected chi connectivity index (χ3v) is 4.37. The van der Waals surface area contributed by atoms with Crippen LogP contribution in [-0.2, 0) is 17.8 Å². The lowest BCUT2D eigenvalue weighted by molar-refractivity contribution is -0.131. The maximum absolute atomic E-state index is 12.5. The molecule has 24 heavy (non-hydrogen) atoms. The SMILES string of the molecule is CCc1nccn1CCC(=O)N1CCCN(c2ncccn2)CC1. The van der Waals surface area contributed by atoms with Gasteiger partial charge in [0, 0.05) is 70.4 Å². The number of carbonyl (C=O) groups excluding carboxylic acids is 1. The molecule has 7 nitrogen and oxygen atoms in total. The fraction of sp³-hybridized carbons (Fsp3) is 0.529. The van der Waals surface area contributed by atoms with Crippen LogP contribution in [0.2, 0.25) is 0 Å². The molecule has 2 aromatic rings. The summed E-state index contributed by atoms with van der Waals surface area (Å²) in [7, 11) is 0. The Labute approximate surface area is 142 Å². The minimum Gasteiger partial charge on any atom is -0.341 e. The molecule has 0 bridgehead atoms. The van der Waals surface area contributed by atoms with Crippen molar-refractivity contribution in [2.75, 3.05) is 31.1 Å². The highest BCUT2D eigenvalue weighted by atomic mass is 16.2. The van der Waals surface area contributed by atoms with E-state index < -0.39 is 0 Å². The van der Waals surface area contributed by atoms with Gasteiger partial charge in [-0.3, -0.25) is 4.79 Å². The lowest BCUT2D eigenvalue weighted by Gasteiger charge is -2.22. The number of hydrogen-bond donors (Lipinski definition) is 0. The van der Waals surface area contributed by atoms with Gasteiger partial charge in [-0.05, 0) is 12.5 Å². The summed E-state index contributed by atoms with van der Waals surface area (Å²) in [6, 6.07) is 1.82. The van der Waals surface area contributed by atoms with Gasteiger partial charge in [0.2, 0.25) is 11.9 Å². The summed E-state index contributed by atoms with van der Waals surface area (Å²) in [6.45, 7) is 5.96. The molecule has 0 radical (unpaired) electrons. The van der Waals surface area contributed by atoms with Crippen molar-refractivity contribution in [1.82, 2.24) is 24.4 Å². The summed E-state index contributed by atoms with van der Waals surface area (Å²) in [4.78, 5) is 29.6. The van der Waals surface area contributed by atoms with E-state index in [1.54, 1.807) is 18.6 Å². The molecule has 1 aliphatic rings. The first-order valence-corrected chi connectivity index (χ1v) is 8.57. The molecule has 1 fully saturated rings. The fourth-order valence-corrected chi connectivity index (χ4v) is 3.05. The van der Waals surface area contributed by atoms with Crippen molar-refractivity contribution in [3.8, 4) is 0 Å². The number of rotatable bonds is 5. The van der Waals surface area contributed by atoms with Crippen LogP contribution in [0.25, 0.3) is 0 Å². The lowest BCUT2D eigenvalue weighted by Crippen LogP contribution is -2.36. The van der Waals surface area contributed by atoms with E-state index in [0.717, 1.165) is 50.8 Å². The molecule has 1 aliphatic heterocycles. The van der Waals surface area contributed by atoms with E-state index in [4.69, 9.17) is 0 Å². The van der Waals surface area contributed by atoms with Crippen molar-refractivity contribution < 1.29 is 4.79 Å². The zero-order chi connectivity index (χ0) is 16.8. The fourth-order valence-electron chi connectivity index (χ4n) is 3.05. The molecular formula is C17H24N6O. The third-order valence-electron chi connectivity index (χ3n) is 4.37. The molecule has 128 valence electrons. The van der Waals surface area contributed by atoms with Gasteiger partial charge < -0.3 is 14.4 Å². The highest BCUT2D eigenvalue weighted by Gasteiger charge is 2.20. The number of amides is 1. The molecule has 7 heteroatoms. The monoisotopic (exact) mass is 328 g/mol. The van der Waals surface area contributed by atoms with Crippen molar-refractivity contribution >= 4 is 11.9 Å². The van der Waals surface area contributed by atoms with E-state index >= 15 is 0 Å². The van der Waals surface area contributed by atoms with Crippen molar-refractivity contribution in [2.45, 2.75) is 32.7 Å². The molecular weight excluding hydrogens is 304 g/mol. The van der Waals surface area contributed by atoms with E-state index in [1.807, 2.05) is 17.2 Å². The van der Waals surface area contributed by atoms with Gasteiger partial charge in [0.15, 0.2) is 0 Å². The number of nitrogens with zero attached hydrogens (tertiary/aromatic N) is 6. The summed E-state index contributed by atoms with van der Waals surface area (Å²) in [5.41, 5.74) is 0. The minimum absolute atomic E-state index is 0.210. The standard InChI is InChI=1S/C17H24N6O/c1-2-15-18-8-12-21(15)11-5-16(24)22-9-4-10-23(14-13-22)17-19-6-3-7-20-17/h3,6-8,12H,2,4-5,9-11,13-14H2,1H3. The summed E-state index contributed by atoms with van der Waals surface area (Å²) in [5, 5.41) is 0. The Morgan fingerprint density at radius 1 is 1.08 bits per heavy atom. The number of carbonyl (C=O) groups is 1. The molecule has 0 unspecified atom stereocenters. The summed E-state index contributed by atoms with van der Waals surface area (Å²) in [5.74, 6) is 1.99. The van der Waals surface area contributed by atoms with Gasteiger partial charge in [-0.15, -0.1) is 0 Å². The summed E-state index contributed by atoms with van der Waals surface area (Å²) >= 11 is 0. The predicted octanol–water partition coefficient (Wildman–Crippen LogP) is 1.36. The maximum Gasteiger partial charge on any atom is 0.225 e. The van der Waals surface area contributed by atoms with Crippen molar-refractivity contribution in [1.29, 1.82) is 0 Å². The van der Waals surface area contributed by atoms with Crippen LogP contribution in [-0.4, -0.2) is 56.5 Å².